The first-order chi connectivity index (χ1) is 7.18. The van der Waals surface area contributed by atoms with Gasteiger partial charge in [-0.2, -0.15) is 0 Å². The SMILES string of the molecule is Cc1ccc(F)cc1C(=O)C1CCOC1. The van der Waals surface area contributed by atoms with E-state index >= 15 is 0 Å². The number of hydrogen-bond donors (Lipinski definition) is 0. The summed E-state index contributed by atoms with van der Waals surface area (Å²) in [4.78, 5) is 12.0. The van der Waals surface area contributed by atoms with Gasteiger partial charge in [0.25, 0.3) is 0 Å². The van der Waals surface area contributed by atoms with Crippen LogP contribution >= 0.6 is 0 Å². The molecule has 0 spiro atoms. The van der Waals surface area contributed by atoms with Crippen LogP contribution in [0.4, 0.5) is 4.39 Å². The van der Waals surface area contributed by atoms with Crippen molar-refractivity contribution in [2.75, 3.05) is 13.2 Å². The Hall–Kier alpha value is -1.22. The largest absolute Gasteiger partial charge is 0.381 e. The minimum Gasteiger partial charge on any atom is -0.381 e. The zero-order valence-electron chi connectivity index (χ0n) is 8.63. The molecule has 0 aromatic heterocycles. The van der Waals surface area contributed by atoms with Gasteiger partial charge in [0.15, 0.2) is 5.78 Å². The third-order valence-electron chi connectivity index (χ3n) is 2.77. The Labute approximate surface area is 88.1 Å². The fourth-order valence-corrected chi connectivity index (χ4v) is 1.82. The highest BCUT2D eigenvalue weighted by Gasteiger charge is 2.25. The molecule has 1 atom stereocenters. The Bertz CT molecular complexity index is 381. The number of ether oxygens (including phenoxy) is 1. The summed E-state index contributed by atoms with van der Waals surface area (Å²) in [6.07, 6.45) is 0.745. The Balaban J connectivity index is 2.27. The van der Waals surface area contributed by atoms with Crippen LogP contribution in [0.3, 0.4) is 0 Å². The number of halogens is 1. The first-order valence-corrected chi connectivity index (χ1v) is 5.06. The number of ketones is 1. The molecule has 80 valence electrons. The normalized spacial score (nSPS) is 20.5. The molecular weight excluding hydrogens is 195 g/mol. The van der Waals surface area contributed by atoms with Crippen molar-refractivity contribution in [3.8, 4) is 0 Å². The molecule has 1 unspecified atom stereocenters. The summed E-state index contributed by atoms with van der Waals surface area (Å²) >= 11 is 0. The summed E-state index contributed by atoms with van der Waals surface area (Å²) < 4.78 is 18.2. The van der Waals surface area contributed by atoms with Crippen molar-refractivity contribution in [1.29, 1.82) is 0 Å². The third kappa shape index (κ3) is 2.07. The van der Waals surface area contributed by atoms with Gasteiger partial charge in [-0.25, -0.2) is 4.39 Å². The quantitative estimate of drug-likeness (QED) is 0.697. The zero-order chi connectivity index (χ0) is 10.8. The van der Waals surface area contributed by atoms with E-state index in [1.807, 2.05) is 6.92 Å². The second-order valence-corrected chi connectivity index (χ2v) is 3.88. The molecule has 0 bridgehead atoms. The highest BCUT2D eigenvalue weighted by Crippen LogP contribution is 2.21. The summed E-state index contributed by atoms with van der Waals surface area (Å²) in [6.45, 7) is 2.92. The summed E-state index contributed by atoms with van der Waals surface area (Å²) in [6, 6.07) is 4.33. The van der Waals surface area contributed by atoms with Crippen LogP contribution < -0.4 is 0 Å². The van der Waals surface area contributed by atoms with Crippen molar-refractivity contribution in [2.45, 2.75) is 13.3 Å². The molecule has 2 rings (SSSR count). The standard InChI is InChI=1S/C12H13FO2/c1-8-2-3-10(13)6-11(8)12(14)9-4-5-15-7-9/h2-3,6,9H,4-5,7H2,1H3. The molecule has 1 heterocycles. The lowest BCUT2D eigenvalue weighted by atomic mass is 9.94. The van der Waals surface area contributed by atoms with E-state index in [-0.39, 0.29) is 17.5 Å². The minimum atomic E-state index is -0.358. The second kappa shape index (κ2) is 4.11. The van der Waals surface area contributed by atoms with Crippen LogP contribution in [0, 0.1) is 18.7 Å². The van der Waals surface area contributed by atoms with E-state index in [0.717, 1.165) is 12.0 Å². The molecule has 1 aromatic carbocycles. The van der Waals surface area contributed by atoms with Gasteiger partial charge >= 0.3 is 0 Å². The monoisotopic (exact) mass is 208 g/mol. The maximum atomic E-state index is 13.0. The minimum absolute atomic E-state index is 0.00417. The smallest absolute Gasteiger partial charge is 0.168 e. The van der Waals surface area contributed by atoms with E-state index in [2.05, 4.69) is 0 Å². The number of benzene rings is 1. The molecule has 3 heteroatoms. The molecular formula is C12H13FO2. The van der Waals surface area contributed by atoms with Crippen molar-refractivity contribution in [2.24, 2.45) is 5.92 Å². The third-order valence-corrected chi connectivity index (χ3v) is 2.77. The van der Waals surface area contributed by atoms with E-state index in [9.17, 15) is 9.18 Å². The number of aryl methyl sites for hydroxylation is 1. The summed E-state index contributed by atoms with van der Waals surface area (Å²) in [5.74, 6) is -0.446. The van der Waals surface area contributed by atoms with Gasteiger partial charge in [0.05, 0.1) is 6.61 Å². The van der Waals surface area contributed by atoms with E-state index in [0.29, 0.717) is 18.8 Å². The van der Waals surface area contributed by atoms with E-state index in [1.54, 1.807) is 6.07 Å². The van der Waals surface area contributed by atoms with Crippen LogP contribution in [0.1, 0.15) is 22.3 Å². The van der Waals surface area contributed by atoms with Gasteiger partial charge < -0.3 is 4.74 Å². The molecule has 1 saturated heterocycles. The Morgan fingerprint density at radius 3 is 3.00 bits per heavy atom. The van der Waals surface area contributed by atoms with Gasteiger partial charge in [-0.05, 0) is 31.0 Å². The molecule has 0 amide bonds. The lowest BCUT2D eigenvalue weighted by molar-refractivity contribution is 0.0899. The topological polar surface area (TPSA) is 26.3 Å². The van der Waals surface area contributed by atoms with Crippen LogP contribution in [-0.4, -0.2) is 19.0 Å². The average Bonchev–Trinajstić information content (AvgIpc) is 2.74. The summed E-state index contributed by atoms with van der Waals surface area (Å²) in [5.41, 5.74) is 1.32. The van der Waals surface area contributed by atoms with Crippen LogP contribution in [0.2, 0.25) is 0 Å². The van der Waals surface area contributed by atoms with Crippen LogP contribution in [0.15, 0.2) is 18.2 Å². The Kier molecular flexibility index (Phi) is 2.82. The van der Waals surface area contributed by atoms with Gasteiger partial charge in [0.1, 0.15) is 5.82 Å². The maximum absolute atomic E-state index is 13.0. The van der Waals surface area contributed by atoms with Crippen LogP contribution in [0.5, 0.6) is 0 Å². The van der Waals surface area contributed by atoms with Gasteiger partial charge in [-0.1, -0.05) is 6.07 Å². The average molecular weight is 208 g/mol. The number of hydrogen-bond acceptors (Lipinski definition) is 2. The van der Waals surface area contributed by atoms with Gasteiger partial charge in [0.2, 0.25) is 0 Å². The molecule has 0 radical (unpaired) electrons. The van der Waals surface area contributed by atoms with Gasteiger partial charge in [-0.15, -0.1) is 0 Å². The molecule has 1 aliphatic heterocycles. The molecule has 1 aromatic rings. The van der Waals surface area contributed by atoms with E-state index < -0.39 is 0 Å². The zero-order valence-corrected chi connectivity index (χ0v) is 8.63. The number of Topliss-reactive ketones (excluding diaryl/α,β-unsaturated/α-hetero) is 1. The predicted molar refractivity (Wildman–Crippen MR) is 54.4 cm³/mol. The van der Waals surface area contributed by atoms with Gasteiger partial charge in [-0.3, -0.25) is 4.79 Å². The molecule has 0 saturated carbocycles. The number of rotatable bonds is 2. The van der Waals surface area contributed by atoms with Crippen molar-refractivity contribution >= 4 is 5.78 Å². The van der Waals surface area contributed by atoms with Crippen LogP contribution in [0.25, 0.3) is 0 Å². The fraction of sp³-hybridized carbons (Fsp3) is 0.417. The highest BCUT2D eigenvalue weighted by molar-refractivity contribution is 5.99. The first kappa shape index (κ1) is 10.3. The summed E-state index contributed by atoms with van der Waals surface area (Å²) in [7, 11) is 0. The number of carbonyl (C=O) groups excluding carboxylic acids is 1. The Morgan fingerprint density at radius 1 is 1.53 bits per heavy atom. The fourth-order valence-electron chi connectivity index (χ4n) is 1.82. The molecule has 0 N–H and O–H groups in total. The number of carbonyl (C=O) groups is 1. The molecule has 2 nitrogen and oxygen atoms in total. The molecule has 15 heavy (non-hydrogen) atoms. The van der Waals surface area contributed by atoms with Gasteiger partial charge in [0, 0.05) is 18.1 Å². The van der Waals surface area contributed by atoms with Crippen molar-refractivity contribution < 1.29 is 13.9 Å². The highest BCUT2D eigenvalue weighted by atomic mass is 19.1. The lowest BCUT2D eigenvalue weighted by Crippen LogP contribution is -2.16. The molecule has 0 aliphatic carbocycles. The second-order valence-electron chi connectivity index (χ2n) is 3.88. The molecule has 1 aliphatic rings. The maximum Gasteiger partial charge on any atom is 0.168 e. The van der Waals surface area contributed by atoms with Crippen LogP contribution in [-0.2, 0) is 4.74 Å². The van der Waals surface area contributed by atoms with E-state index in [4.69, 9.17) is 4.74 Å². The van der Waals surface area contributed by atoms with Crippen molar-refractivity contribution in [3.05, 3.63) is 35.1 Å². The Morgan fingerprint density at radius 2 is 2.33 bits per heavy atom. The van der Waals surface area contributed by atoms with E-state index in [1.165, 1.54) is 12.1 Å². The summed E-state index contributed by atoms with van der Waals surface area (Å²) in [5, 5.41) is 0. The lowest BCUT2D eigenvalue weighted by Gasteiger charge is -2.09. The van der Waals surface area contributed by atoms with Crippen molar-refractivity contribution in [3.63, 3.8) is 0 Å². The first-order valence-electron chi connectivity index (χ1n) is 5.06. The van der Waals surface area contributed by atoms with Crippen molar-refractivity contribution in [1.82, 2.24) is 0 Å². The predicted octanol–water partition coefficient (Wildman–Crippen LogP) is 2.35. The molecule has 1 fully saturated rings.